The maximum atomic E-state index is 11.8. The first-order valence-corrected chi connectivity index (χ1v) is 6.55. The van der Waals surface area contributed by atoms with Crippen molar-refractivity contribution in [3.63, 3.8) is 0 Å². The number of likely N-dealkylation sites (N-methyl/N-ethyl adjacent to an activating group) is 1. The molecule has 1 unspecified atom stereocenters. The van der Waals surface area contributed by atoms with Crippen molar-refractivity contribution in [3.8, 4) is 0 Å². The van der Waals surface area contributed by atoms with Gasteiger partial charge in [0.15, 0.2) is 0 Å². The van der Waals surface area contributed by atoms with E-state index in [2.05, 4.69) is 5.32 Å². The van der Waals surface area contributed by atoms with Crippen molar-refractivity contribution in [2.75, 3.05) is 19.4 Å². The van der Waals surface area contributed by atoms with Crippen LogP contribution in [-0.2, 0) is 9.53 Å². The molecule has 4 nitrogen and oxygen atoms in total. The number of furan rings is 1. The van der Waals surface area contributed by atoms with Gasteiger partial charge in [-0.1, -0.05) is 0 Å². The second-order valence-electron chi connectivity index (χ2n) is 3.93. The third-order valence-corrected chi connectivity index (χ3v) is 4.06. The molecule has 0 saturated carbocycles. The molecule has 1 rings (SSSR count). The van der Waals surface area contributed by atoms with Gasteiger partial charge in [0, 0.05) is 10.6 Å². The molecule has 0 aliphatic rings. The van der Waals surface area contributed by atoms with E-state index in [9.17, 15) is 4.79 Å². The smallest absolute Gasteiger partial charge is 0.326 e. The molecule has 96 valence electrons. The number of hydrogen-bond acceptors (Lipinski definition) is 5. The fourth-order valence-corrected chi connectivity index (χ4v) is 2.38. The Hall–Kier alpha value is -0.940. The van der Waals surface area contributed by atoms with E-state index in [0.29, 0.717) is 12.4 Å². The molecule has 1 aromatic heterocycles. The van der Waals surface area contributed by atoms with Gasteiger partial charge in [0.05, 0.1) is 12.9 Å². The normalized spacial score (nSPS) is 14.4. The van der Waals surface area contributed by atoms with Gasteiger partial charge in [-0.2, -0.15) is 0 Å². The van der Waals surface area contributed by atoms with E-state index < -0.39 is 5.54 Å². The predicted molar refractivity (Wildman–Crippen MR) is 68.3 cm³/mol. The topological polar surface area (TPSA) is 51.5 Å². The van der Waals surface area contributed by atoms with Crippen LogP contribution in [0.4, 0.5) is 0 Å². The van der Waals surface area contributed by atoms with Crippen LogP contribution in [-0.4, -0.2) is 30.9 Å². The van der Waals surface area contributed by atoms with Crippen LogP contribution in [0.15, 0.2) is 21.6 Å². The minimum absolute atomic E-state index is 0.226. The van der Waals surface area contributed by atoms with Crippen LogP contribution in [0.5, 0.6) is 0 Å². The number of hydrogen-bond donors (Lipinski definition) is 1. The van der Waals surface area contributed by atoms with Gasteiger partial charge in [-0.3, -0.25) is 4.79 Å². The van der Waals surface area contributed by atoms with Gasteiger partial charge >= 0.3 is 5.97 Å². The van der Waals surface area contributed by atoms with Crippen molar-refractivity contribution in [2.24, 2.45) is 0 Å². The molecule has 0 aliphatic carbocycles. The molecule has 0 amide bonds. The van der Waals surface area contributed by atoms with Gasteiger partial charge < -0.3 is 14.5 Å². The lowest BCUT2D eigenvalue weighted by Gasteiger charge is -2.26. The largest absolute Gasteiger partial charge is 0.468 e. The highest BCUT2D eigenvalue weighted by molar-refractivity contribution is 7.99. The highest BCUT2D eigenvalue weighted by Crippen LogP contribution is 2.26. The molecule has 0 spiro atoms. The Balaban J connectivity index is 2.63. The average molecular weight is 257 g/mol. The van der Waals surface area contributed by atoms with Crippen LogP contribution < -0.4 is 5.32 Å². The standard InChI is InChI=1S/C12H19NO3S/c1-5-15-11(14)12(3,13-4)8-17-10-6-7-16-9(10)2/h6-7,13H,5,8H2,1-4H3. The second-order valence-corrected chi connectivity index (χ2v) is 4.95. The number of esters is 1. The molecule has 17 heavy (non-hydrogen) atoms. The fraction of sp³-hybridized carbons (Fsp3) is 0.583. The van der Waals surface area contributed by atoms with E-state index in [1.807, 2.05) is 19.9 Å². The van der Waals surface area contributed by atoms with E-state index in [0.717, 1.165) is 10.7 Å². The maximum absolute atomic E-state index is 11.8. The Morgan fingerprint density at radius 2 is 2.35 bits per heavy atom. The number of thioether (sulfide) groups is 1. The summed E-state index contributed by atoms with van der Waals surface area (Å²) < 4.78 is 10.3. The van der Waals surface area contributed by atoms with Crippen molar-refractivity contribution >= 4 is 17.7 Å². The first-order chi connectivity index (χ1) is 8.03. The first kappa shape index (κ1) is 14.1. The lowest BCUT2D eigenvalue weighted by molar-refractivity contribution is -0.149. The monoisotopic (exact) mass is 257 g/mol. The molecule has 1 aromatic rings. The molecule has 0 saturated heterocycles. The van der Waals surface area contributed by atoms with Crippen LogP contribution in [0, 0.1) is 6.92 Å². The van der Waals surface area contributed by atoms with Gasteiger partial charge in [-0.15, -0.1) is 11.8 Å². The highest BCUT2D eigenvalue weighted by atomic mass is 32.2. The third kappa shape index (κ3) is 3.51. The van der Waals surface area contributed by atoms with Crippen LogP contribution in [0.1, 0.15) is 19.6 Å². The molecule has 1 atom stereocenters. The summed E-state index contributed by atoms with van der Waals surface area (Å²) in [5.41, 5.74) is -0.676. The fourth-order valence-electron chi connectivity index (χ4n) is 1.27. The van der Waals surface area contributed by atoms with Crippen LogP contribution in [0.25, 0.3) is 0 Å². The van der Waals surface area contributed by atoms with E-state index in [1.165, 1.54) is 0 Å². The van der Waals surface area contributed by atoms with E-state index >= 15 is 0 Å². The molecule has 1 heterocycles. The number of carbonyl (C=O) groups is 1. The summed E-state index contributed by atoms with van der Waals surface area (Å²) in [6.45, 7) is 5.95. The Labute approximate surface area is 106 Å². The van der Waals surface area contributed by atoms with E-state index in [1.54, 1.807) is 32.0 Å². The van der Waals surface area contributed by atoms with Gasteiger partial charge in [-0.05, 0) is 33.9 Å². The molecule has 0 fully saturated rings. The molecule has 1 N–H and O–H groups in total. The molecule has 0 radical (unpaired) electrons. The molecular weight excluding hydrogens is 238 g/mol. The number of rotatable bonds is 6. The summed E-state index contributed by atoms with van der Waals surface area (Å²) in [5.74, 6) is 1.25. The number of nitrogens with one attached hydrogen (secondary N) is 1. The van der Waals surface area contributed by atoms with Gasteiger partial charge in [0.1, 0.15) is 11.3 Å². The summed E-state index contributed by atoms with van der Waals surface area (Å²) in [5, 5.41) is 3.02. The van der Waals surface area contributed by atoms with Crippen LogP contribution >= 0.6 is 11.8 Å². The van der Waals surface area contributed by atoms with Gasteiger partial charge in [0.2, 0.25) is 0 Å². The molecule has 0 aliphatic heterocycles. The third-order valence-electron chi connectivity index (χ3n) is 2.61. The Bertz CT molecular complexity index is 378. The lowest BCUT2D eigenvalue weighted by atomic mass is 10.1. The van der Waals surface area contributed by atoms with Crippen molar-refractivity contribution in [2.45, 2.75) is 31.2 Å². The molecule has 5 heteroatoms. The first-order valence-electron chi connectivity index (χ1n) is 5.56. The molecular formula is C12H19NO3S. The summed E-state index contributed by atoms with van der Waals surface area (Å²) in [6, 6.07) is 1.90. The number of ether oxygens (including phenoxy) is 1. The van der Waals surface area contributed by atoms with Crippen LogP contribution in [0.2, 0.25) is 0 Å². The summed E-state index contributed by atoms with van der Waals surface area (Å²) >= 11 is 1.58. The minimum atomic E-state index is -0.676. The highest BCUT2D eigenvalue weighted by Gasteiger charge is 2.33. The van der Waals surface area contributed by atoms with Crippen molar-refractivity contribution in [1.29, 1.82) is 0 Å². The summed E-state index contributed by atoms with van der Waals surface area (Å²) in [6.07, 6.45) is 1.65. The van der Waals surface area contributed by atoms with E-state index in [4.69, 9.17) is 9.15 Å². The lowest BCUT2D eigenvalue weighted by Crippen LogP contribution is -2.50. The second kappa shape index (κ2) is 6.12. The van der Waals surface area contributed by atoms with Crippen molar-refractivity contribution in [1.82, 2.24) is 5.32 Å². The Kier molecular flexibility index (Phi) is 5.08. The van der Waals surface area contributed by atoms with E-state index in [-0.39, 0.29) is 5.97 Å². The van der Waals surface area contributed by atoms with Crippen LogP contribution in [0.3, 0.4) is 0 Å². The zero-order valence-corrected chi connectivity index (χ0v) is 11.5. The van der Waals surface area contributed by atoms with Gasteiger partial charge in [-0.25, -0.2) is 0 Å². The van der Waals surface area contributed by atoms with Crippen molar-refractivity contribution < 1.29 is 13.9 Å². The molecule has 0 bridgehead atoms. The average Bonchev–Trinajstić information content (AvgIpc) is 2.72. The van der Waals surface area contributed by atoms with Gasteiger partial charge in [0.25, 0.3) is 0 Å². The molecule has 0 aromatic carbocycles. The predicted octanol–water partition coefficient (Wildman–Crippen LogP) is 2.22. The van der Waals surface area contributed by atoms with Crippen molar-refractivity contribution in [3.05, 3.63) is 18.1 Å². The maximum Gasteiger partial charge on any atom is 0.326 e. The Morgan fingerprint density at radius 1 is 1.65 bits per heavy atom. The number of carbonyl (C=O) groups excluding carboxylic acids is 1. The zero-order valence-electron chi connectivity index (χ0n) is 10.7. The number of aryl methyl sites for hydroxylation is 1. The minimum Gasteiger partial charge on any atom is -0.468 e. The quantitative estimate of drug-likeness (QED) is 0.625. The zero-order chi connectivity index (χ0) is 12.9. The Morgan fingerprint density at radius 3 is 2.82 bits per heavy atom. The SMILES string of the molecule is CCOC(=O)C(C)(CSc1ccoc1C)NC. The summed E-state index contributed by atoms with van der Waals surface area (Å²) in [7, 11) is 1.76. The summed E-state index contributed by atoms with van der Waals surface area (Å²) in [4.78, 5) is 12.9.